The fraction of sp³-hybridized carbons (Fsp3) is 0.296. The molecule has 0 fully saturated rings. The Hall–Kier alpha value is -3.12. The topological polar surface area (TPSA) is 66.5 Å². The molecule has 0 aliphatic heterocycles. The van der Waals surface area contributed by atoms with E-state index in [-0.39, 0.29) is 18.5 Å². The van der Waals surface area contributed by atoms with E-state index in [0.29, 0.717) is 11.3 Å². The minimum atomic E-state index is -3.46. The van der Waals surface area contributed by atoms with Gasteiger partial charge in [-0.1, -0.05) is 42.5 Å². The Morgan fingerprint density at radius 3 is 2.42 bits per heavy atom. The molecule has 172 valence electrons. The summed E-state index contributed by atoms with van der Waals surface area (Å²) in [5.41, 5.74) is 6.90. The average Bonchev–Trinajstić information content (AvgIpc) is 3.25. The first-order valence-electron chi connectivity index (χ1n) is 11.3. The molecule has 0 radical (unpaired) electrons. The molecule has 3 aromatic carbocycles. The first-order valence-corrected chi connectivity index (χ1v) is 13.1. The molecular formula is C27H30N2O3S. The molecule has 5 nitrogen and oxygen atoms in total. The van der Waals surface area contributed by atoms with E-state index in [0.717, 1.165) is 29.5 Å². The van der Waals surface area contributed by atoms with Crippen molar-refractivity contribution in [3.63, 3.8) is 0 Å². The van der Waals surface area contributed by atoms with Gasteiger partial charge >= 0.3 is 0 Å². The maximum atomic E-state index is 12.8. The molecule has 0 saturated heterocycles. The van der Waals surface area contributed by atoms with Crippen molar-refractivity contribution in [2.75, 3.05) is 10.6 Å². The molecule has 0 unspecified atom stereocenters. The largest absolute Gasteiger partial charge is 0.346 e. The first-order chi connectivity index (χ1) is 15.7. The summed E-state index contributed by atoms with van der Waals surface area (Å²) in [7, 11) is -3.46. The van der Waals surface area contributed by atoms with Gasteiger partial charge in [-0.2, -0.15) is 0 Å². The number of aryl methyl sites for hydroxylation is 3. The summed E-state index contributed by atoms with van der Waals surface area (Å²) < 4.78 is 26.2. The van der Waals surface area contributed by atoms with Crippen LogP contribution in [0.15, 0.2) is 66.7 Å². The number of nitrogens with one attached hydrogen (secondary N) is 1. The Labute approximate surface area is 196 Å². The molecule has 1 atom stereocenters. The van der Waals surface area contributed by atoms with Gasteiger partial charge in [-0.25, -0.2) is 8.42 Å². The Morgan fingerprint density at radius 2 is 1.73 bits per heavy atom. The van der Waals surface area contributed by atoms with E-state index >= 15 is 0 Å². The van der Waals surface area contributed by atoms with Crippen molar-refractivity contribution in [3.8, 4) is 0 Å². The molecule has 1 aliphatic rings. The van der Waals surface area contributed by atoms with Crippen LogP contribution in [0.1, 0.15) is 57.6 Å². The monoisotopic (exact) mass is 462 g/mol. The number of fused-ring (bicyclic) bond motifs is 1. The number of amides is 1. The van der Waals surface area contributed by atoms with E-state index in [4.69, 9.17) is 0 Å². The molecule has 0 bridgehead atoms. The van der Waals surface area contributed by atoms with E-state index in [1.807, 2.05) is 44.2 Å². The lowest BCUT2D eigenvalue weighted by molar-refractivity contribution is 0.0940. The van der Waals surface area contributed by atoms with Crippen molar-refractivity contribution in [2.24, 2.45) is 0 Å². The van der Waals surface area contributed by atoms with Crippen LogP contribution in [0.3, 0.4) is 0 Å². The number of carbonyl (C=O) groups is 1. The van der Waals surface area contributed by atoms with Gasteiger partial charge in [0.2, 0.25) is 10.0 Å². The van der Waals surface area contributed by atoms with Crippen LogP contribution in [0.25, 0.3) is 0 Å². The summed E-state index contributed by atoms with van der Waals surface area (Å²) in [5.74, 6) is -0.145. The number of rotatable bonds is 7. The minimum absolute atomic E-state index is 0.0925. The van der Waals surface area contributed by atoms with Crippen molar-refractivity contribution in [1.29, 1.82) is 0 Å². The smallest absolute Gasteiger partial charge is 0.251 e. The summed E-state index contributed by atoms with van der Waals surface area (Å²) in [6.45, 7) is 4.13. The predicted molar refractivity (Wildman–Crippen MR) is 133 cm³/mol. The zero-order valence-electron chi connectivity index (χ0n) is 19.3. The van der Waals surface area contributed by atoms with Gasteiger partial charge in [0.05, 0.1) is 24.5 Å². The molecule has 3 aromatic rings. The molecule has 1 amide bonds. The number of benzene rings is 3. The maximum absolute atomic E-state index is 12.8. The molecule has 6 heteroatoms. The highest BCUT2D eigenvalue weighted by Crippen LogP contribution is 2.26. The highest BCUT2D eigenvalue weighted by atomic mass is 32.2. The second-order valence-electron chi connectivity index (χ2n) is 8.88. The summed E-state index contributed by atoms with van der Waals surface area (Å²) >= 11 is 0. The third kappa shape index (κ3) is 5.45. The molecule has 33 heavy (non-hydrogen) atoms. The molecule has 1 aliphatic carbocycles. The van der Waals surface area contributed by atoms with Gasteiger partial charge in [-0.3, -0.25) is 9.10 Å². The van der Waals surface area contributed by atoms with Crippen LogP contribution in [-0.4, -0.2) is 20.6 Å². The molecule has 1 N–H and O–H groups in total. The summed E-state index contributed by atoms with van der Waals surface area (Å²) in [5, 5.41) is 3.07. The molecule has 0 saturated carbocycles. The predicted octanol–water partition coefficient (Wildman–Crippen LogP) is 4.94. The molecule has 0 heterocycles. The van der Waals surface area contributed by atoms with Crippen molar-refractivity contribution in [3.05, 3.63) is 100 Å². The number of anilines is 1. The van der Waals surface area contributed by atoms with Gasteiger partial charge < -0.3 is 5.32 Å². The molecular weight excluding hydrogens is 432 g/mol. The highest BCUT2D eigenvalue weighted by Gasteiger charge is 2.19. The van der Waals surface area contributed by atoms with Gasteiger partial charge in [-0.15, -0.1) is 0 Å². The zero-order valence-corrected chi connectivity index (χ0v) is 20.2. The second-order valence-corrected chi connectivity index (χ2v) is 10.8. The Kier molecular flexibility index (Phi) is 6.56. The average molecular weight is 463 g/mol. The fourth-order valence-electron chi connectivity index (χ4n) is 4.33. The van der Waals surface area contributed by atoms with E-state index in [9.17, 15) is 13.2 Å². The summed E-state index contributed by atoms with van der Waals surface area (Å²) in [6, 6.07) is 20.9. The van der Waals surface area contributed by atoms with Crippen LogP contribution >= 0.6 is 0 Å². The van der Waals surface area contributed by atoms with Crippen LogP contribution in [0.4, 0.5) is 5.69 Å². The van der Waals surface area contributed by atoms with Gasteiger partial charge in [0.15, 0.2) is 0 Å². The lowest BCUT2D eigenvalue weighted by Gasteiger charge is -2.23. The standard InChI is InChI=1S/C27H30N2O3S/c1-19-6-4-9-26(16-19)29(33(3,31)32)18-21-10-12-23(13-11-21)27(30)28-20(2)24-15-14-22-7-5-8-25(22)17-24/h4,6,9-17,20H,5,7-8,18H2,1-3H3,(H,28,30)/t20-/m0/s1. The number of carbonyl (C=O) groups excluding carboxylic acids is 1. The van der Waals surface area contributed by atoms with Gasteiger partial charge in [0, 0.05) is 5.56 Å². The van der Waals surface area contributed by atoms with Crippen molar-refractivity contribution >= 4 is 21.6 Å². The second kappa shape index (κ2) is 9.40. The normalized spacial score (nSPS) is 13.9. The van der Waals surface area contributed by atoms with Crippen LogP contribution in [0.5, 0.6) is 0 Å². The quantitative estimate of drug-likeness (QED) is 0.541. The molecule has 0 spiro atoms. The van der Waals surface area contributed by atoms with Crippen LogP contribution < -0.4 is 9.62 Å². The van der Waals surface area contributed by atoms with Crippen molar-refractivity contribution < 1.29 is 13.2 Å². The van der Waals surface area contributed by atoms with E-state index in [1.54, 1.807) is 18.2 Å². The van der Waals surface area contributed by atoms with Gasteiger partial charge in [0.25, 0.3) is 5.91 Å². The zero-order chi connectivity index (χ0) is 23.6. The third-order valence-electron chi connectivity index (χ3n) is 6.20. The van der Waals surface area contributed by atoms with Gasteiger partial charge in [-0.05, 0) is 85.2 Å². The summed E-state index contributed by atoms with van der Waals surface area (Å²) in [4.78, 5) is 12.8. The van der Waals surface area contributed by atoms with Crippen LogP contribution in [0.2, 0.25) is 0 Å². The van der Waals surface area contributed by atoms with Crippen molar-refractivity contribution in [1.82, 2.24) is 5.32 Å². The lowest BCUT2D eigenvalue weighted by atomic mass is 10.0. The molecule has 0 aromatic heterocycles. The SMILES string of the molecule is Cc1cccc(N(Cc2ccc(C(=O)N[C@@H](C)c3ccc4c(c3)CCC4)cc2)S(C)(=O)=O)c1. The van der Waals surface area contributed by atoms with E-state index < -0.39 is 10.0 Å². The lowest BCUT2D eigenvalue weighted by Crippen LogP contribution is -2.29. The van der Waals surface area contributed by atoms with E-state index in [2.05, 4.69) is 23.5 Å². The molecule has 4 rings (SSSR count). The number of hydrogen-bond donors (Lipinski definition) is 1. The highest BCUT2D eigenvalue weighted by molar-refractivity contribution is 7.92. The van der Waals surface area contributed by atoms with Crippen LogP contribution in [0, 0.1) is 6.92 Å². The van der Waals surface area contributed by atoms with E-state index in [1.165, 1.54) is 28.1 Å². The number of sulfonamides is 1. The van der Waals surface area contributed by atoms with Crippen molar-refractivity contribution in [2.45, 2.75) is 45.7 Å². The number of nitrogens with zero attached hydrogens (tertiary/aromatic N) is 1. The number of hydrogen-bond acceptors (Lipinski definition) is 3. The minimum Gasteiger partial charge on any atom is -0.346 e. The third-order valence-corrected chi connectivity index (χ3v) is 7.34. The van der Waals surface area contributed by atoms with Crippen LogP contribution in [-0.2, 0) is 29.4 Å². The summed E-state index contributed by atoms with van der Waals surface area (Å²) in [6.07, 6.45) is 4.66. The fourth-order valence-corrected chi connectivity index (χ4v) is 5.21. The first kappa shape index (κ1) is 23.1. The van der Waals surface area contributed by atoms with Gasteiger partial charge in [0.1, 0.15) is 0 Å². The Bertz CT molecular complexity index is 1270. The Balaban J connectivity index is 1.45. The maximum Gasteiger partial charge on any atom is 0.251 e. The Morgan fingerprint density at radius 1 is 1.00 bits per heavy atom.